The Bertz CT molecular complexity index is 1070. The summed E-state index contributed by atoms with van der Waals surface area (Å²) in [5, 5.41) is 6.74. The Hall–Kier alpha value is -3.29. The van der Waals surface area contributed by atoms with Gasteiger partial charge in [0.25, 0.3) is 0 Å². The lowest BCUT2D eigenvalue weighted by molar-refractivity contribution is 0.193. The first-order valence-electron chi connectivity index (χ1n) is 9.36. The Kier molecular flexibility index (Phi) is 5.00. The van der Waals surface area contributed by atoms with Gasteiger partial charge in [0, 0.05) is 18.3 Å². The van der Waals surface area contributed by atoms with Gasteiger partial charge in [-0.1, -0.05) is 22.9 Å². The van der Waals surface area contributed by atoms with Crippen LogP contribution >= 0.6 is 0 Å². The average molecular weight is 398 g/mol. The van der Waals surface area contributed by atoms with Gasteiger partial charge in [-0.25, -0.2) is 13.6 Å². The molecule has 8 heteroatoms. The third-order valence-corrected chi connectivity index (χ3v) is 5.04. The van der Waals surface area contributed by atoms with Crippen LogP contribution < -0.4 is 5.32 Å². The molecule has 6 nitrogen and oxygen atoms in total. The molecule has 0 spiro atoms. The van der Waals surface area contributed by atoms with Gasteiger partial charge in [-0.2, -0.15) is 4.98 Å². The molecule has 29 heavy (non-hydrogen) atoms. The fourth-order valence-corrected chi connectivity index (χ4v) is 3.56. The molecule has 1 aliphatic heterocycles. The monoisotopic (exact) mass is 398 g/mol. The van der Waals surface area contributed by atoms with E-state index in [-0.39, 0.29) is 23.3 Å². The van der Waals surface area contributed by atoms with E-state index >= 15 is 0 Å². The summed E-state index contributed by atoms with van der Waals surface area (Å²) in [5.74, 6) is -1.19. The maximum atomic E-state index is 14.0. The van der Waals surface area contributed by atoms with Crippen molar-refractivity contribution in [3.8, 4) is 11.4 Å². The lowest BCUT2D eigenvalue weighted by atomic mass is 10.1. The topological polar surface area (TPSA) is 71.3 Å². The molecule has 0 aliphatic carbocycles. The van der Waals surface area contributed by atoms with Crippen molar-refractivity contribution in [1.29, 1.82) is 0 Å². The molecule has 0 bridgehead atoms. The number of likely N-dealkylation sites (tertiary alicyclic amines) is 1. The van der Waals surface area contributed by atoms with Crippen LogP contribution in [0.2, 0.25) is 0 Å². The molecule has 2 heterocycles. The summed E-state index contributed by atoms with van der Waals surface area (Å²) in [4.78, 5) is 18.7. The molecule has 1 atom stereocenters. The number of amides is 2. The van der Waals surface area contributed by atoms with Crippen LogP contribution in [0.15, 0.2) is 40.9 Å². The molecule has 1 aromatic heterocycles. The first kappa shape index (κ1) is 19.0. The summed E-state index contributed by atoms with van der Waals surface area (Å²) in [7, 11) is 0. The van der Waals surface area contributed by atoms with Gasteiger partial charge in [-0.15, -0.1) is 0 Å². The van der Waals surface area contributed by atoms with Crippen LogP contribution in [-0.4, -0.2) is 27.6 Å². The molecule has 0 radical (unpaired) electrons. The number of carbonyl (C=O) groups excluding carboxylic acids is 1. The van der Waals surface area contributed by atoms with Crippen LogP contribution in [0.5, 0.6) is 0 Å². The molecule has 2 amide bonds. The number of nitrogens with one attached hydrogen (secondary N) is 1. The van der Waals surface area contributed by atoms with Crippen molar-refractivity contribution < 1.29 is 18.1 Å². The third kappa shape index (κ3) is 3.83. The number of aryl methyl sites for hydroxylation is 2. The Balaban J connectivity index is 1.54. The Morgan fingerprint density at radius 1 is 1.21 bits per heavy atom. The van der Waals surface area contributed by atoms with Crippen molar-refractivity contribution in [3.05, 3.63) is 65.1 Å². The van der Waals surface area contributed by atoms with E-state index in [0.717, 1.165) is 35.4 Å². The van der Waals surface area contributed by atoms with E-state index in [0.29, 0.717) is 13.0 Å². The number of hydrogen-bond donors (Lipinski definition) is 1. The summed E-state index contributed by atoms with van der Waals surface area (Å²) in [5.41, 5.74) is 2.88. The fourth-order valence-electron chi connectivity index (χ4n) is 3.56. The second-order valence-corrected chi connectivity index (χ2v) is 7.18. The van der Waals surface area contributed by atoms with Gasteiger partial charge in [0.2, 0.25) is 11.7 Å². The van der Waals surface area contributed by atoms with Crippen molar-refractivity contribution in [3.63, 3.8) is 0 Å². The Morgan fingerprint density at radius 3 is 2.79 bits per heavy atom. The lowest BCUT2D eigenvalue weighted by Crippen LogP contribution is -2.34. The molecule has 1 aliphatic rings. The van der Waals surface area contributed by atoms with Crippen molar-refractivity contribution in [2.24, 2.45) is 0 Å². The van der Waals surface area contributed by atoms with Crippen molar-refractivity contribution >= 4 is 11.7 Å². The predicted molar refractivity (Wildman–Crippen MR) is 103 cm³/mol. The summed E-state index contributed by atoms with van der Waals surface area (Å²) >= 11 is 0. The van der Waals surface area contributed by atoms with Crippen molar-refractivity contribution in [2.75, 3.05) is 11.9 Å². The van der Waals surface area contributed by atoms with Gasteiger partial charge in [-0.3, -0.25) is 0 Å². The van der Waals surface area contributed by atoms with Gasteiger partial charge in [0.15, 0.2) is 0 Å². The number of rotatable bonds is 3. The number of anilines is 1. The minimum absolute atomic E-state index is 0.0270. The van der Waals surface area contributed by atoms with E-state index in [2.05, 4.69) is 15.5 Å². The molecular formula is C21H20F2N4O2. The largest absolute Gasteiger partial charge is 0.337 e. The molecule has 1 saturated heterocycles. The molecule has 3 aromatic rings. The molecule has 1 N–H and O–H groups in total. The highest BCUT2D eigenvalue weighted by Crippen LogP contribution is 2.33. The van der Waals surface area contributed by atoms with Crippen LogP contribution in [0.1, 0.15) is 35.9 Å². The zero-order valence-electron chi connectivity index (χ0n) is 16.1. The maximum Gasteiger partial charge on any atom is 0.322 e. The third-order valence-electron chi connectivity index (χ3n) is 5.04. The SMILES string of the molecule is Cc1ccc(NC(=O)N2CCC[C@@H]2c2nc(-c3ccc(F)cc3F)no2)c(C)c1. The standard InChI is InChI=1S/C21H20F2N4O2/c1-12-5-8-17(13(2)10-12)24-21(28)27-9-3-4-18(27)20-25-19(26-29-20)15-7-6-14(22)11-16(15)23/h5-8,10-11,18H,3-4,9H2,1-2H3,(H,24,28)/t18-/m1/s1. The average Bonchev–Trinajstić information content (AvgIpc) is 3.33. The molecule has 2 aromatic carbocycles. The Morgan fingerprint density at radius 2 is 2.03 bits per heavy atom. The van der Waals surface area contributed by atoms with Gasteiger partial charge in [-0.05, 0) is 50.5 Å². The van der Waals surface area contributed by atoms with Crippen LogP contribution in [0, 0.1) is 25.5 Å². The van der Waals surface area contributed by atoms with Crippen LogP contribution in [-0.2, 0) is 0 Å². The van der Waals surface area contributed by atoms with Gasteiger partial charge >= 0.3 is 6.03 Å². The number of urea groups is 1. The van der Waals surface area contributed by atoms with E-state index in [1.807, 2.05) is 32.0 Å². The number of hydrogen-bond acceptors (Lipinski definition) is 4. The molecule has 1 fully saturated rings. The van der Waals surface area contributed by atoms with Gasteiger partial charge < -0.3 is 14.7 Å². The normalized spacial score (nSPS) is 16.3. The van der Waals surface area contributed by atoms with Gasteiger partial charge in [0.05, 0.1) is 5.56 Å². The lowest BCUT2D eigenvalue weighted by Gasteiger charge is -2.22. The summed E-state index contributed by atoms with van der Waals surface area (Å²) < 4.78 is 32.4. The summed E-state index contributed by atoms with van der Waals surface area (Å²) in [6.45, 7) is 4.47. The highest BCUT2D eigenvalue weighted by Gasteiger charge is 2.34. The molecular weight excluding hydrogens is 378 g/mol. The van der Waals surface area contributed by atoms with E-state index in [1.165, 1.54) is 6.07 Å². The van der Waals surface area contributed by atoms with Crippen LogP contribution in [0.25, 0.3) is 11.4 Å². The maximum absolute atomic E-state index is 14.0. The van der Waals surface area contributed by atoms with E-state index in [9.17, 15) is 13.6 Å². The second kappa shape index (κ2) is 7.62. The number of halogens is 2. The van der Waals surface area contributed by atoms with E-state index < -0.39 is 17.7 Å². The van der Waals surface area contributed by atoms with Crippen LogP contribution in [0.3, 0.4) is 0 Å². The van der Waals surface area contributed by atoms with Crippen LogP contribution in [0.4, 0.5) is 19.3 Å². The molecule has 0 unspecified atom stereocenters. The summed E-state index contributed by atoms with van der Waals surface area (Å²) in [6, 6.07) is 8.31. The number of nitrogens with zero attached hydrogens (tertiary/aromatic N) is 3. The highest BCUT2D eigenvalue weighted by molar-refractivity contribution is 5.90. The zero-order valence-corrected chi connectivity index (χ0v) is 16.1. The van der Waals surface area contributed by atoms with Crippen molar-refractivity contribution in [2.45, 2.75) is 32.7 Å². The quantitative estimate of drug-likeness (QED) is 0.674. The minimum atomic E-state index is -0.770. The first-order valence-corrected chi connectivity index (χ1v) is 9.36. The minimum Gasteiger partial charge on any atom is -0.337 e. The molecule has 0 saturated carbocycles. The summed E-state index contributed by atoms with van der Waals surface area (Å²) in [6.07, 6.45) is 1.45. The second-order valence-electron chi connectivity index (χ2n) is 7.18. The highest BCUT2D eigenvalue weighted by atomic mass is 19.1. The van der Waals surface area contributed by atoms with Crippen molar-refractivity contribution in [1.82, 2.24) is 15.0 Å². The predicted octanol–water partition coefficient (Wildman–Crippen LogP) is 5.00. The smallest absolute Gasteiger partial charge is 0.322 e. The fraction of sp³-hybridized carbons (Fsp3) is 0.286. The number of benzene rings is 2. The first-order chi connectivity index (χ1) is 13.9. The Labute approximate surface area is 166 Å². The van der Waals surface area contributed by atoms with Gasteiger partial charge in [0.1, 0.15) is 17.7 Å². The number of aromatic nitrogens is 2. The zero-order chi connectivity index (χ0) is 20.5. The molecule has 150 valence electrons. The van der Waals surface area contributed by atoms with E-state index in [1.54, 1.807) is 4.90 Å². The van der Waals surface area contributed by atoms with E-state index in [4.69, 9.17) is 4.52 Å². The number of carbonyl (C=O) groups is 1. The molecule has 4 rings (SSSR count).